The highest BCUT2D eigenvalue weighted by atomic mass is 19.1. The third-order valence-corrected chi connectivity index (χ3v) is 3.89. The van der Waals surface area contributed by atoms with Gasteiger partial charge < -0.3 is 14.9 Å². The van der Waals surface area contributed by atoms with Gasteiger partial charge in [-0.15, -0.1) is 0 Å². The Morgan fingerprint density at radius 1 is 0.800 bits per heavy atom. The van der Waals surface area contributed by atoms with Gasteiger partial charge in [0.25, 0.3) is 0 Å². The van der Waals surface area contributed by atoms with Crippen molar-refractivity contribution in [2.24, 2.45) is 0 Å². The van der Waals surface area contributed by atoms with Gasteiger partial charge in [-0.2, -0.15) is 0 Å². The Labute approximate surface area is 146 Å². The summed E-state index contributed by atoms with van der Waals surface area (Å²) >= 11 is 0. The molecule has 0 aliphatic rings. The summed E-state index contributed by atoms with van der Waals surface area (Å²) in [5.74, 6) is -0.0175. The summed E-state index contributed by atoms with van der Waals surface area (Å²) in [5, 5.41) is 18.2. The number of hydrogen-bond donors (Lipinski definition) is 2. The number of phenols is 1. The predicted molar refractivity (Wildman–Crippen MR) is 96.1 cm³/mol. The lowest BCUT2D eigenvalue weighted by Crippen LogP contribution is -2.01. The molecule has 3 rings (SSSR count). The molecule has 2 N–H and O–H groups in total. The van der Waals surface area contributed by atoms with Crippen LogP contribution < -0.4 is 4.74 Å². The molecule has 0 bridgehead atoms. The van der Waals surface area contributed by atoms with Gasteiger partial charge in [0.05, 0.1) is 6.61 Å². The summed E-state index contributed by atoms with van der Waals surface area (Å²) in [6.45, 7) is 0.298. The number of phenolic OH excluding ortho intramolecular Hbond substituents is 1. The zero-order chi connectivity index (χ0) is 17.6. The van der Waals surface area contributed by atoms with E-state index in [1.165, 1.54) is 6.07 Å². The average molecular weight is 338 g/mol. The molecule has 0 radical (unpaired) electrons. The Bertz CT molecular complexity index is 844. The second kappa shape index (κ2) is 7.81. The first-order valence-corrected chi connectivity index (χ1v) is 8.10. The maximum Gasteiger partial charge on any atom is 0.165 e. The SMILES string of the molecule is OCCCOc1ccc(-c2cccc(-c3ccc(O)cc3)c2)cc1F. The maximum atomic E-state index is 14.2. The van der Waals surface area contributed by atoms with Crippen molar-refractivity contribution >= 4 is 0 Å². The normalized spacial score (nSPS) is 10.6. The lowest BCUT2D eigenvalue weighted by molar-refractivity contribution is 0.228. The van der Waals surface area contributed by atoms with E-state index >= 15 is 0 Å². The van der Waals surface area contributed by atoms with Crippen LogP contribution in [0, 0.1) is 5.82 Å². The number of hydrogen-bond acceptors (Lipinski definition) is 3. The molecule has 3 aromatic rings. The first kappa shape index (κ1) is 17.0. The van der Waals surface area contributed by atoms with E-state index in [0.717, 1.165) is 22.3 Å². The van der Waals surface area contributed by atoms with Crippen LogP contribution in [0.5, 0.6) is 11.5 Å². The number of aliphatic hydroxyl groups is 1. The Morgan fingerprint density at radius 2 is 1.44 bits per heavy atom. The van der Waals surface area contributed by atoms with Crippen molar-refractivity contribution in [2.45, 2.75) is 6.42 Å². The van der Waals surface area contributed by atoms with Crippen LogP contribution in [0.3, 0.4) is 0 Å². The van der Waals surface area contributed by atoms with Crippen LogP contribution in [0.2, 0.25) is 0 Å². The zero-order valence-electron chi connectivity index (χ0n) is 13.7. The molecule has 3 nitrogen and oxygen atoms in total. The van der Waals surface area contributed by atoms with Crippen molar-refractivity contribution in [1.82, 2.24) is 0 Å². The highest BCUT2D eigenvalue weighted by molar-refractivity contribution is 5.73. The van der Waals surface area contributed by atoms with Gasteiger partial charge in [0, 0.05) is 13.0 Å². The summed E-state index contributed by atoms with van der Waals surface area (Å²) in [4.78, 5) is 0. The van der Waals surface area contributed by atoms with Crippen LogP contribution in [-0.2, 0) is 0 Å². The monoisotopic (exact) mass is 338 g/mol. The predicted octanol–water partition coefficient (Wildman–Crippen LogP) is 4.63. The maximum absolute atomic E-state index is 14.2. The van der Waals surface area contributed by atoms with Gasteiger partial charge in [0.2, 0.25) is 0 Å². The highest BCUT2D eigenvalue weighted by Gasteiger charge is 2.07. The number of ether oxygens (including phenoxy) is 1. The zero-order valence-corrected chi connectivity index (χ0v) is 13.7. The van der Waals surface area contributed by atoms with E-state index in [1.54, 1.807) is 18.2 Å². The first-order valence-electron chi connectivity index (χ1n) is 8.10. The largest absolute Gasteiger partial charge is 0.508 e. The Balaban J connectivity index is 1.85. The minimum Gasteiger partial charge on any atom is -0.508 e. The molecule has 0 saturated carbocycles. The smallest absolute Gasteiger partial charge is 0.165 e. The van der Waals surface area contributed by atoms with Gasteiger partial charge >= 0.3 is 0 Å². The molecule has 128 valence electrons. The molecule has 0 aliphatic carbocycles. The number of aliphatic hydroxyl groups excluding tert-OH is 1. The number of rotatable bonds is 6. The highest BCUT2D eigenvalue weighted by Crippen LogP contribution is 2.30. The molecular weight excluding hydrogens is 319 g/mol. The summed E-state index contributed by atoms with van der Waals surface area (Å²) < 4.78 is 19.5. The van der Waals surface area contributed by atoms with E-state index in [0.29, 0.717) is 6.42 Å². The van der Waals surface area contributed by atoms with Crippen LogP contribution in [-0.4, -0.2) is 23.4 Å². The van der Waals surface area contributed by atoms with Gasteiger partial charge in [-0.05, 0) is 52.6 Å². The summed E-state index contributed by atoms with van der Waals surface area (Å²) in [5.41, 5.74) is 3.62. The third kappa shape index (κ3) is 4.17. The number of halogens is 1. The lowest BCUT2D eigenvalue weighted by atomic mass is 9.99. The Kier molecular flexibility index (Phi) is 5.31. The van der Waals surface area contributed by atoms with E-state index in [1.807, 2.05) is 42.5 Å². The van der Waals surface area contributed by atoms with Gasteiger partial charge in [-0.3, -0.25) is 0 Å². The van der Waals surface area contributed by atoms with Crippen molar-refractivity contribution in [3.63, 3.8) is 0 Å². The summed E-state index contributed by atoms with van der Waals surface area (Å²) in [6, 6.07) is 19.6. The van der Waals surface area contributed by atoms with Crippen LogP contribution >= 0.6 is 0 Å². The molecule has 4 heteroatoms. The van der Waals surface area contributed by atoms with E-state index in [9.17, 15) is 9.50 Å². The van der Waals surface area contributed by atoms with Gasteiger partial charge in [-0.25, -0.2) is 4.39 Å². The van der Waals surface area contributed by atoms with Crippen LogP contribution in [0.4, 0.5) is 4.39 Å². The fourth-order valence-corrected chi connectivity index (χ4v) is 2.58. The minimum absolute atomic E-state index is 0.0176. The Hall–Kier alpha value is -2.85. The molecule has 0 fully saturated rings. The standard InChI is InChI=1S/C21H19FO3/c22-20-14-18(7-10-21(20)25-12-2-11-23)17-4-1-3-16(13-17)15-5-8-19(24)9-6-15/h1,3-10,13-14,23-24H,2,11-12H2. The van der Waals surface area contributed by atoms with Crippen molar-refractivity contribution in [3.05, 3.63) is 72.5 Å². The van der Waals surface area contributed by atoms with Crippen molar-refractivity contribution in [2.75, 3.05) is 13.2 Å². The molecule has 0 unspecified atom stereocenters. The van der Waals surface area contributed by atoms with Crippen molar-refractivity contribution in [1.29, 1.82) is 0 Å². The van der Waals surface area contributed by atoms with Crippen molar-refractivity contribution < 1.29 is 19.3 Å². The molecule has 3 aromatic carbocycles. The quantitative estimate of drug-likeness (QED) is 0.645. The fraction of sp³-hybridized carbons (Fsp3) is 0.143. The van der Waals surface area contributed by atoms with Crippen LogP contribution in [0.25, 0.3) is 22.3 Å². The molecule has 0 heterocycles. The third-order valence-electron chi connectivity index (χ3n) is 3.89. The van der Waals surface area contributed by atoms with Gasteiger partial charge in [-0.1, -0.05) is 36.4 Å². The molecule has 0 aromatic heterocycles. The average Bonchev–Trinajstić information content (AvgIpc) is 2.64. The number of benzene rings is 3. The van der Waals surface area contributed by atoms with Crippen LogP contribution in [0.1, 0.15) is 6.42 Å². The van der Waals surface area contributed by atoms with Crippen molar-refractivity contribution in [3.8, 4) is 33.8 Å². The molecule has 0 atom stereocenters. The number of aromatic hydroxyl groups is 1. The van der Waals surface area contributed by atoms with E-state index < -0.39 is 5.82 Å². The van der Waals surface area contributed by atoms with E-state index in [2.05, 4.69) is 0 Å². The van der Waals surface area contributed by atoms with E-state index in [4.69, 9.17) is 9.84 Å². The van der Waals surface area contributed by atoms with Gasteiger partial charge in [0.1, 0.15) is 5.75 Å². The topological polar surface area (TPSA) is 49.7 Å². The first-order chi connectivity index (χ1) is 12.2. The minimum atomic E-state index is -0.425. The molecule has 25 heavy (non-hydrogen) atoms. The summed E-state index contributed by atoms with van der Waals surface area (Å²) in [7, 11) is 0. The Morgan fingerprint density at radius 3 is 2.12 bits per heavy atom. The molecule has 0 spiro atoms. The second-order valence-electron chi connectivity index (χ2n) is 5.70. The fourth-order valence-electron chi connectivity index (χ4n) is 2.58. The van der Waals surface area contributed by atoms with Crippen LogP contribution in [0.15, 0.2) is 66.7 Å². The lowest BCUT2D eigenvalue weighted by Gasteiger charge is -2.10. The summed E-state index contributed by atoms with van der Waals surface area (Å²) in [6.07, 6.45) is 0.468. The molecule has 0 saturated heterocycles. The molecule has 0 amide bonds. The molecular formula is C21H19FO3. The van der Waals surface area contributed by atoms with Gasteiger partial charge in [0.15, 0.2) is 11.6 Å². The second-order valence-corrected chi connectivity index (χ2v) is 5.70. The molecule has 0 aliphatic heterocycles. The van der Waals surface area contributed by atoms with E-state index in [-0.39, 0.29) is 24.7 Å².